The number of benzene rings is 1. The molecule has 0 fully saturated rings. The number of hydrogen-bond donors (Lipinski definition) is 1. The average Bonchev–Trinajstić information content (AvgIpc) is 2.29. The summed E-state index contributed by atoms with van der Waals surface area (Å²) in [5.74, 6) is 0. The first-order valence-electron chi connectivity index (χ1n) is 5.23. The average molecular weight is 234 g/mol. The van der Waals surface area contributed by atoms with Crippen molar-refractivity contribution >= 4 is 22.5 Å². The van der Waals surface area contributed by atoms with Gasteiger partial charge in [-0.15, -0.1) is 5.10 Å². The van der Waals surface area contributed by atoms with E-state index in [9.17, 15) is 5.11 Å². The third-order valence-corrected chi connectivity index (χ3v) is 3.80. The van der Waals surface area contributed by atoms with Gasteiger partial charge in [-0.05, 0) is 6.92 Å². The van der Waals surface area contributed by atoms with Crippen molar-refractivity contribution in [1.29, 1.82) is 0 Å². The quantitative estimate of drug-likeness (QED) is 0.829. The van der Waals surface area contributed by atoms with Gasteiger partial charge in [0, 0.05) is 16.0 Å². The predicted octanol–water partition coefficient (Wildman–Crippen LogP) is 2.49. The van der Waals surface area contributed by atoms with Crippen molar-refractivity contribution in [1.82, 2.24) is 10.2 Å². The smallest absolute Gasteiger partial charge is 0.127 e. The Hall–Kier alpha value is -1.13. The highest BCUT2D eigenvalue weighted by molar-refractivity contribution is 8.00. The van der Waals surface area contributed by atoms with Crippen LogP contribution in [-0.2, 0) is 0 Å². The number of aromatic nitrogens is 2. The lowest BCUT2D eigenvalue weighted by Gasteiger charge is -2.13. The van der Waals surface area contributed by atoms with E-state index in [-0.39, 0.29) is 11.4 Å². The molecule has 0 saturated heterocycles. The molecule has 3 nitrogen and oxygen atoms in total. The third kappa shape index (κ3) is 2.33. The first-order valence-corrected chi connectivity index (χ1v) is 6.11. The first-order chi connectivity index (χ1) is 7.68. The van der Waals surface area contributed by atoms with Crippen LogP contribution in [0.15, 0.2) is 35.5 Å². The van der Waals surface area contributed by atoms with Crippen LogP contribution in [0.1, 0.15) is 13.8 Å². The second kappa shape index (κ2) is 4.80. The predicted molar refractivity (Wildman–Crippen MR) is 66.5 cm³/mol. The normalized spacial score (nSPS) is 14.9. The molecule has 2 atom stereocenters. The summed E-state index contributed by atoms with van der Waals surface area (Å²) in [5.41, 5.74) is 0. The number of aliphatic hydroxyl groups excluding tert-OH is 1. The zero-order chi connectivity index (χ0) is 11.5. The lowest BCUT2D eigenvalue weighted by Crippen LogP contribution is -2.15. The van der Waals surface area contributed by atoms with Crippen LogP contribution in [0.5, 0.6) is 0 Å². The van der Waals surface area contributed by atoms with E-state index in [2.05, 4.69) is 10.2 Å². The molecular formula is C12H14N2OS. The minimum absolute atomic E-state index is 0.111. The number of nitrogens with zero attached hydrogens (tertiary/aromatic N) is 2. The highest BCUT2D eigenvalue weighted by atomic mass is 32.2. The Labute approximate surface area is 98.9 Å². The Morgan fingerprint density at radius 3 is 2.75 bits per heavy atom. The fraction of sp³-hybridized carbons (Fsp3) is 0.333. The molecule has 0 amide bonds. The standard InChI is InChI=1S/C12H14N2OS/c1-8(15)9(2)16-12-11-6-4-3-5-10(11)7-13-14-12/h3-9,15H,1-2H3. The summed E-state index contributed by atoms with van der Waals surface area (Å²) in [6, 6.07) is 8.01. The van der Waals surface area contributed by atoms with Gasteiger partial charge < -0.3 is 5.11 Å². The summed E-state index contributed by atoms with van der Waals surface area (Å²) in [6.07, 6.45) is 1.40. The Morgan fingerprint density at radius 1 is 1.25 bits per heavy atom. The number of rotatable bonds is 3. The minimum atomic E-state index is -0.356. The molecule has 2 unspecified atom stereocenters. The van der Waals surface area contributed by atoms with Crippen LogP contribution >= 0.6 is 11.8 Å². The van der Waals surface area contributed by atoms with Crippen molar-refractivity contribution in [3.8, 4) is 0 Å². The van der Waals surface area contributed by atoms with Crippen LogP contribution in [0.25, 0.3) is 10.8 Å². The maximum Gasteiger partial charge on any atom is 0.127 e. The van der Waals surface area contributed by atoms with E-state index in [0.29, 0.717) is 0 Å². The van der Waals surface area contributed by atoms with E-state index in [1.165, 1.54) is 0 Å². The number of aliphatic hydroxyl groups is 1. The maximum atomic E-state index is 9.49. The molecule has 4 heteroatoms. The number of thioether (sulfide) groups is 1. The van der Waals surface area contributed by atoms with Gasteiger partial charge in [-0.25, -0.2) is 0 Å². The molecule has 0 spiro atoms. The van der Waals surface area contributed by atoms with Gasteiger partial charge in [0.05, 0.1) is 12.3 Å². The molecule has 16 heavy (non-hydrogen) atoms. The van der Waals surface area contributed by atoms with Gasteiger partial charge in [0.25, 0.3) is 0 Å². The summed E-state index contributed by atoms with van der Waals surface area (Å²) in [7, 11) is 0. The monoisotopic (exact) mass is 234 g/mol. The molecule has 0 aliphatic heterocycles. The molecular weight excluding hydrogens is 220 g/mol. The third-order valence-electron chi connectivity index (χ3n) is 2.51. The molecule has 0 bridgehead atoms. The summed E-state index contributed by atoms with van der Waals surface area (Å²) in [6.45, 7) is 3.77. The second-order valence-corrected chi connectivity index (χ2v) is 5.17. The van der Waals surface area contributed by atoms with Crippen molar-refractivity contribution in [3.63, 3.8) is 0 Å². The molecule has 1 N–H and O–H groups in total. The van der Waals surface area contributed by atoms with Crippen molar-refractivity contribution in [2.24, 2.45) is 0 Å². The molecule has 1 aromatic heterocycles. The fourth-order valence-corrected chi connectivity index (χ4v) is 2.32. The highest BCUT2D eigenvalue weighted by Gasteiger charge is 2.13. The van der Waals surface area contributed by atoms with E-state index in [0.717, 1.165) is 15.8 Å². The van der Waals surface area contributed by atoms with Crippen molar-refractivity contribution in [3.05, 3.63) is 30.5 Å². The van der Waals surface area contributed by atoms with Gasteiger partial charge in [0.15, 0.2) is 0 Å². The van der Waals surface area contributed by atoms with Crippen LogP contribution in [0.3, 0.4) is 0 Å². The van der Waals surface area contributed by atoms with Gasteiger partial charge in [0.1, 0.15) is 5.03 Å². The van der Waals surface area contributed by atoms with E-state index in [1.807, 2.05) is 31.2 Å². The van der Waals surface area contributed by atoms with Gasteiger partial charge in [-0.2, -0.15) is 5.10 Å². The lowest BCUT2D eigenvalue weighted by atomic mass is 10.2. The van der Waals surface area contributed by atoms with E-state index in [4.69, 9.17) is 0 Å². The zero-order valence-electron chi connectivity index (χ0n) is 9.29. The SMILES string of the molecule is CC(O)C(C)Sc1nncc2ccccc12. The van der Waals surface area contributed by atoms with Gasteiger partial charge in [-0.3, -0.25) is 0 Å². The van der Waals surface area contributed by atoms with Crippen molar-refractivity contribution in [2.45, 2.75) is 30.2 Å². The van der Waals surface area contributed by atoms with Crippen LogP contribution in [0.2, 0.25) is 0 Å². The molecule has 0 aliphatic rings. The lowest BCUT2D eigenvalue weighted by molar-refractivity contribution is 0.196. The van der Waals surface area contributed by atoms with Gasteiger partial charge in [0.2, 0.25) is 0 Å². The molecule has 1 aromatic carbocycles. The van der Waals surface area contributed by atoms with Crippen LogP contribution in [-0.4, -0.2) is 26.7 Å². The topological polar surface area (TPSA) is 46.0 Å². The molecule has 2 aromatic rings. The maximum absolute atomic E-state index is 9.49. The Bertz CT molecular complexity index is 482. The number of fused-ring (bicyclic) bond motifs is 1. The fourth-order valence-electron chi connectivity index (χ4n) is 1.36. The van der Waals surface area contributed by atoms with Crippen LogP contribution < -0.4 is 0 Å². The van der Waals surface area contributed by atoms with E-state index < -0.39 is 0 Å². The van der Waals surface area contributed by atoms with Crippen molar-refractivity contribution < 1.29 is 5.11 Å². The Morgan fingerprint density at radius 2 is 2.00 bits per heavy atom. The minimum Gasteiger partial charge on any atom is -0.392 e. The van der Waals surface area contributed by atoms with E-state index >= 15 is 0 Å². The number of hydrogen-bond acceptors (Lipinski definition) is 4. The van der Waals surface area contributed by atoms with Crippen LogP contribution in [0.4, 0.5) is 0 Å². The molecule has 2 rings (SSSR count). The molecule has 0 radical (unpaired) electrons. The summed E-state index contributed by atoms with van der Waals surface area (Å²) in [4.78, 5) is 0. The summed E-state index contributed by atoms with van der Waals surface area (Å²) < 4.78 is 0. The second-order valence-electron chi connectivity index (χ2n) is 3.80. The molecule has 1 heterocycles. The largest absolute Gasteiger partial charge is 0.392 e. The first kappa shape index (κ1) is 11.4. The van der Waals surface area contributed by atoms with Crippen molar-refractivity contribution in [2.75, 3.05) is 0 Å². The Balaban J connectivity index is 2.37. The highest BCUT2D eigenvalue weighted by Crippen LogP contribution is 2.29. The molecule has 0 aliphatic carbocycles. The molecule has 0 saturated carbocycles. The summed E-state index contributed by atoms with van der Waals surface area (Å²) >= 11 is 1.56. The van der Waals surface area contributed by atoms with Crippen LogP contribution in [0, 0.1) is 0 Å². The van der Waals surface area contributed by atoms with Gasteiger partial charge >= 0.3 is 0 Å². The summed E-state index contributed by atoms with van der Waals surface area (Å²) in [5, 5.41) is 20.8. The Kier molecular flexibility index (Phi) is 3.41. The van der Waals surface area contributed by atoms with E-state index in [1.54, 1.807) is 24.9 Å². The molecule has 84 valence electrons. The van der Waals surface area contributed by atoms with Gasteiger partial charge in [-0.1, -0.05) is 43.0 Å². The zero-order valence-corrected chi connectivity index (χ0v) is 10.1.